The highest BCUT2D eigenvalue weighted by Crippen LogP contribution is 2.35. The van der Waals surface area contributed by atoms with Gasteiger partial charge in [-0.1, -0.05) is 38.5 Å². The SMILES string of the molecule is CCCn1c(SCC(=O)NC2CCCCC2C)nc2sc3c(c2c1=O)CCC3. The average Bonchev–Trinajstić information content (AvgIpc) is 3.25. The van der Waals surface area contributed by atoms with Crippen molar-refractivity contribution in [1.29, 1.82) is 0 Å². The highest BCUT2D eigenvalue weighted by molar-refractivity contribution is 7.99. The summed E-state index contributed by atoms with van der Waals surface area (Å²) in [5.74, 6) is 0.912. The van der Waals surface area contributed by atoms with E-state index in [0.29, 0.717) is 23.4 Å². The Bertz CT molecular complexity index is 934. The predicted octanol–water partition coefficient (Wildman–Crippen LogP) is 4.14. The molecule has 2 aliphatic carbocycles. The maximum atomic E-state index is 13.2. The Balaban J connectivity index is 1.53. The molecule has 0 radical (unpaired) electrons. The molecule has 2 heterocycles. The quantitative estimate of drug-likeness (QED) is 0.564. The van der Waals surface area contributed by atoms with E-state index in [2.05, 4.69) is 19.2 Å². The van der Waals surface area contributed by atoms with E-state index >= 15 is 0 Å². The number of fused-ring (bicyclic) bond motifs is 3. The van der Waals surface area contributed by atoms with Crippen molar-refractivity contribution in [2.24, 2.45) is 5.92 Å². The molecule has 2 aromatic rings. The second-order valence-corrected chi connectivity index (χ2v) is 10.1. The molecule has 0 aliphatic heterocycles. The third kappa shape index (κ3) is 3.88. The number of carbonyl (C=O) groups is 1. The van der Waals surface area contributed by atoms with Crippen LogP contribution >= 0.6 is 23.1 Å². The summed E-state index contributed by atoms with van der Waals surface area (Å²) in [7, 11) is 0. The lowest BCUT2D eigenvalue weighted by Gasteiger charge is -2.29. The molecule has 0 bridgehead atoms. The lowest BCUT2D eigenvalue weighted by molar-refractivity contribution is -0.119. The van der Waals surface area contributed by atoms with Crippen LogP contribution in [0.5, 0.6) is 0 Å². The fourth-order valence-electron chi connectivity index (χ4n) is 4.50. The molecule has 2 aliphatic rings. The van der Waals surface area contributed by atoms with E-state index < -0.39 is 0 Å². The number of rotatable bonds is 6. The first-order chi connectivity index (χ1) is 13.6. The number of nitrogens with zero attached hydrogens (tertiary/aromatic N) is 2. The fraction of sp³-hybridized carbons (Fsp3) is 0.667. The summed E-state index contributed by atoms with van der Waals surface area (Å²) < 4.78 is 1.79. The Morgan fingerprint density at radius 3 is 2.89 bits per heavy atom. The maximum Gasteiger partial charge on any atom is 0.263 e. The number of hydrogen-bond donors (Lipinski definition) is 1. The van der Waals surface area contributed by atoms with Crippen LogP contribution in [0.25, 0.3) is 10.2 Å². The zero-order chi connectivity index (χ0) is 19.7. The van der Waals surface area contributed by atoms with Gasteiger partial charge in [0, 0.05) is 17.5 Å². The minimum absolute atomic E-state index is 0.0508. The summed E-state index contributed by atoms with van der Waals surface area (Å²) in [4.78, 5) is 32.7. The minimum Gasteiger partial charge on any atom is -0.352 e. The second kappa shape index (κ2) is 8.57. The van der Waals surface area contributed by atoms with E-state index in [1.807, 2.05) is 0 Å². The van der Waals surface area contributed by atoms with Crippen LogP contribution in [0.2, 0.25) is 0 Å². The monoisotopic (exact) mass is 419 g/mol. The van der Waals surface area contributed by atoms with E-state index in [0.717, 1.165) is 42.3 Å². The molecule has 2 aromatic heterocycles. The van der Waals surface area contributed by atoms with Crippen LogP contribution in [0.15, 0.2) is 9.95 Å². The Morgan fingerprint density at radius 2 is 2.11 bits per heavy atom. The molecular formula is C21H29N3O2S2. The first-order valence-electron chi connectivity index (χ1n) is 10.6. The second-order valence-electron chi connectivity index (χ2n) is 8.11. The van der Waals surface area contributed by atoms with Gasteiger partial charge in [0.15, 0.2) is 5.16 Å². The lowest BCUT2D eigenvalue weighted by Crippen LogP contribution is -2.41. The van der Waals surface area contributed by atoms with Crippen molar-refractivity contribution in [2.75, 3.05) is 5.75 Å². The molecule has 0 spiro atoms. The highest BCUT2D eigenvalue weighted by atomic mass is 32.2. The zero-order valence-corrected chi connectivity index (χ0v) is 18.4. The van der Waals surface area contributed by atoms with Gasteiger partial charge in [-0.2, -0.15) is 0 Å². The Labute approximate surface area is 174 Å². The third-order valence-corrected chi connectivity index (χ3v) is 8.19. The first-order valence-corrected chi connectivity index (χ1v) is 12.4. The van der Waals surface area contributed by atoms with Crippen LogP contribution in [0.1, 0.15) is 62.8 Å². The van der Waals surface area contributed by atoms with E-state index in [1.165, 1.54) is 41.5 Å². The number of aromatic nitrogens is 2. The van der Waals surface area contributed by atoms with Gasteiger partial charge in [0.05, 0.1) is 11.1 Å². The van der Waals surface area contributed by atoms with Gasteiger partial charge >= 0.3 is 0 Å². The molecule has 4 rings (SSSR count). The number of hydrogen-bond acceptors (Lipinski definition) is 5. The molecular weight excluding hydrogens is 390 g/mol. The van der Waals surface area contributed by atoms with Gasteiger partial charge in [0.1, 0.15) is 4.83 Å². The summed E-state index contributed by atoms with van der Waals surface area (Å²) in [6, 6.07) is 0.287. The van der Waals surface area contributed by atoms with Crippen LogP contribution in [0.4, 0.5) is 0 Å². The van der Waals surface area contributed by atoms with Crippen LogP contribution in [-0.4, -0.2) is 27.3 Å². The van der Waals surface area contributed by atoms with E-state index in [9.17, 15) is 9.59 Å². The number of amides is 1. The Morgan fingerprint density at radius 1 is 1.29 bits per heavy atom. The highest BCUT2D eigenvalue weighted by Gasteiger charge is 2.25. The fourth-order valence-corrected chi connectivity index (χ4v) is 6.64. The van der Waals surface area contributed by atoms with Crippen molar-refractivity contribution in [1.82, 2.24) is 14.9 Å². The van der Waals surface area contributed by atoms with Crippen LogP contribution in [0.3, 0.4) is 0 Å². The van der Waals surface area contributed by atoms with Crippen LogP contribution in [-0.2, 0) is 24.2 Å². The van der Waals surface area contributed by atoms with E-state index in [1.54, 1.807) is 15.9 Å². The van der Waals surface area contributed by atoms with Gasteiger partial charge < -0.3 is 5.32 Å². The van der Waals surface area contributed by atoms with Gasteiger partial charge in [0.25, 0.3) is 5.56 Å². The summed E-state index contributed by atoms with van der Waals surface area (Å²) >= 11 is 3.07. The molecule has 28 heavy (non-hydrogen) atoms. The Kier molecular flexibility index (Phi) is 6.11. The summed E-state index contributed by atoms with van der Waals surface area (Å²) in [6.45, 7) is 4.94. The summed E-state index contributed by atoms with van der Waals surface area (Å²) in [5.41, 5.74) is 1.30. The van der Waals surface area contributed by atoms with Crippen molar-refractivity contribution in [3.63, 3.8) is 0 Å². The molecule has 0 saturated heterocycles. The van der Waals surface area contributed by atoms with Crippen molar-refractivity contribution >= 4 is 39.2 Å². The molecule has 5 nitrogen and oxygen atoms in total. The lowest BCUT2D eigenvalue weighted by atomic mass is 9.86. The molecule has 2 unspecified atom stereocenters. The number of thioether (sulfide) groups is 1. The topological polar surface area (TPSA) is 64.0 Å². The standard InChI is InChI=1S/C21H29N3O2S2/c1-3-11-24-20(26)18-14-8-6-10-16(14)28-19(18)23-21(24)27-12-17(25)22-15-9-5-4-7-13(15)2/h13,15H,3-12H2,1-2H3,(H,22,25). The molecule has 2 atom stereocenters. The number of nitrogens with one attached hydrogen (secondary N) is 1. The maximum absolute atomic E-state index is 13.2. The average molecular weight is 420 g/mol. The predicted molar refractivity (Wildman–Crippen MR) is 116 cm³/mol. The van der Waals surface area contributed by atoms with Gasteiger partial charge in [-0.25, -0.2) is 4.98 Å². The molecule has 0 aromatic carbocycles. The molecule has 7 heteroatoms. The van der Waals surface area contributed by atoms with Crippen molar-refractivity contribution in [3.05, 3.63) is 20.8 Å². The van der Waals surface area contributed by atoms with Crippen molar-refractivity contribution in [2.45, 2.75) is 83.0 Å². The van der Waals surface area contributed by atoms with E-state index in [-0.39, 0.29) is 17.5 Å². The van der Waals surface area contributed by atoms with Crippen LogP contribution < -0.4 is 10.9 Å². The number of carbonyl (C=O) groups excluding carboxylic acids is 1. The Hall–Kier alpha value is -1.34. The summed E-state index contributed by atoms with van der Waals surface area (Å²) in [5, 5.41) is 4.72. The molecule has 1 saturated carbocycles. The van der Waals surface area contributed by atoms with Gasteiger partial charge in [-0.3, -0.25) is 14.2 Å². The van der Waals surface area contributed by atoms with Crippen molar-refractivity contribution < 1.29 is 4.79 Å². The smallest absolute Gasteiger partial charge is 0.263 e. The van der Waals surface area contributed by atoms with Crippen molar-refractivity contribution in [3.8, 4) is 0 Å². The minimum atomic E-state index is 0.0508. The molecule has 1 amide bonds. The van der Waals surface area contributed by atoms with Gasteiger partial charge in [-0.15, -0.1) is 11.3 Å². The molecule has 152 valence electrons. The third-order valence-electron chi connectivity index (χ3n) is 6.03. The first kappa shape index (κ1) is 20.0. The largest absolute Gasteiger partial charge is 0.352 e. The number of thiophene rings is 1. The zero-order valence-electron chi connectivity index (χ0n) is 16.8. The normalized spacial score (nSPS) is 21.8. The van der Waals surface area contributed by atoms with Gasteiger partial charge in [-0.05, 0) is 50.0 Å². The van der Waals surface area contributed by atoms with Gasteiger partial charge in [0.2, 0.25) is 5.91 Å². The summed E-state index contributed by atoms with van der Waals surface area (Å²) in [6.07, 6.45) is 8.79. The van der Waals surface area contributed by atoms with Crippen LogP contribution in [0, 0.1) is 5.92 Å². The van der Waals surface area contributed by atoms with E-state index in [4.69, 9.17) is 4.98 Å². The molecule has 1 N–H and O–H groups in total. The molecule has 1 fully saturated rings. The number of aryl methyl sites for hydroxylation is 2.